The zero-order valence-electron chi connectivity index (χ0n) is 14.7. The molecule has 0 amide bonds. The summed E-state index contributed by atoms with van der Waals surface area (Å²) in [4.78, 5) is 30.3. The highest BCUT2D eigenvalue weighted by Gasteiger charge is 2.16. The highest BCUT2D eigenvalue weighted by atomic mass is 35.5. The van der Waals surface area contributed by atoms with E-state index in [-0.39, 0.29) is 17.1 Å². The van der Waals surface area contributed by atoms with Gasteiger partial charge >= 0.3 is 0 Å². The van der Waals surface area contributed by atoms with Crippen molar-refractivity contribution in [3.63, 3.8) is 0 Å². The van der Waals surface area contributed by atoms with Crippen LogP contribution in [0.3, 0.4) is 0 Å². The maximum absolute atomic E-state index is 13.2. The lowest BCUT2D eigenvalue weighted by atomic mass is 10.2. The Kier molecular flexibility index (Phi) is 5.28. The molecule has 0 saturated carbocycles. The number of carbonyl (C=O) groups is 1. The van der Waals surface area contributed by atoms with Crippen molar-refractivity contribution in [3.05, 3.63) is 99.8 Å². The summed E-state index contributed by atoms with van der Waals surface area (Å²) in [6.07, 6.45) is 0. The van der Waals surface area contributed by atoms with E-state index in [2.05, 4.69) is 4.98 Å². The molecule has 3 aromatic carbocycles. The summed E-state index contributed by atoms with van der Waals surface area (Å²) in [5.41, 5.74) is 1.54. The molecule has 0 bridgehead atoms. The molecule has 0 aliphatic rings. The Balaban J connectivity index is 1.80. The highest BCUT2D eigenvalue weighted by molar-refractivity contribution is 7.99. The van der Waals surface area contributed by atoms with E-state index >= 15 is 0 Å². The summed E-state index contributed by atoms with van der Waals surface area (Å²) in [6, 6.07) is 23.3. The first kappa shape index (κ1) is 18.5. The third-order valence-electron chi connectivity index (χ3n) is 4.27. The second-order valence-electron chi connectivity index (χ2n) is 6.08. The number of ketones is 1. The molecule has 138 valence electrons. The van der Waals surface area contributed by atoms with Crippen LogP contribution in [0.5, 0.6) is 0 Å². The van der Waals surface area contributed by atoms with Crippen molar-refractivity contribution in [2.24, 2.45) is 0 Å². The maximum Gasteiger partial charge on any atom is 0.266 e. The van der Waals surface area contributed by atoms with E-state index in [9.17, 15) is 9.59 Å². The summed E-state index contributed by atoms with van der Waals surface area (Å²) in [5, 5.41) is 1.38. The standard InChI is InChI=1S/C22H15ClN2O2S/c23-17-11-5-7-13-19(17)25-21(27)16-10-4-6-12-18(16)24-22(25)28-14-20(26)15-8-2-1-3-9-15/h1-13H,14H2. The van der Waals surface area contributed by atoms with Gasteiger partial charge in [-0.2, -0.15) is 0 Å². The van der Waals surface area contributed by atoms with Gasteiger partial charge in [0.25, 0.3) is 5.56 Å². The fourth-order valence-electron chi connectivity index (χ4n) is 2.89. The zero-order chi connectivity index (χ0) is 19.5. The third kappa shape index (κ3) is 3.59. The van der Waals surface area contributed by atoms with Crippen LogP contribution in [0.2, 0.25) is 5.02 Å². The molecule has 6 heteroatoms. The fourth-order valence-corrected chi connectivity index (χ4v) is 4.01. The monoisotopic (exact) mass is 406 g/mol. The van der Waals surface area contributed by atoms with Gasteiger partial charge in [0.2, 0.25) is 0 Å². The van der Waals surface area contributed by atoms with E-state index in [0.29, 0.717) is 32.3 Å². The molecule has 0 spiro atoms. The Morgan fingerprint density at radius 3 is 2.39 bits per heavy atom. The van der Waals surface area contributed by atoms with E-state index in [0.717, 1.165) is 0 Å². The first-order valence-corrected chi connectivity index (χ1v) is 9.99. The lowest BCUT2D eigenvalue weighted by Crippen LogP contribution is -2.22. The van der Waals surface area contributed by atoms with Gasteiger partial charge < -0.3 is 0 Å². The molecule has 4 rings (SSSR count). The minimum atomic E-state index is -0.214. The van der Waals surface area contributed by atoms with Gasteiger partial charge in [-0.05, 0) is 24.3 Å². The average Bonchev–Trinajstić information content (AvgIpc) is 2.73. The van der Waals surface area contributed by atoms with Crippen molar-refractivity contribution in [1.29, 1.82) is 0 Å². The second-order valence-corrected chi connectivity index (χ2v) is 7.43. The van der Waals surface area contributed by atoms with Crippen LogP contribution in [0.15, 0.2) is 88.8 Å². The Morgan fingerprint density at radius 1 is 0.929 bits per heavy atom. The molecule has 0 aliphatic heterocycles. The summed E-state index contributed by atoms with van der Waals surface area (Å²) >= 11 is 7.57. The topological polar surface area (TPSA) is 52.0 Å². The van der Waals surface area contributed by atoms with E-state index < -0.39 is 0 Å². The number of nitrogens with zero attached hydrogens (tertiary/aromatic N) is 2. The predicted molar refractivity (Wildman–Crippen MR) is 114 cm³/mol. The molecule has 0 saturated heterocycles. The number of hydrogen-bond acceptors (Lipinski definition) is 4. The van der Waals surface area contributed by atoms with Crippen LogP contribution in [0.25, 0.3) is 16.6 Å². The number of fused-ring (bicyclic) bond motifs is 1. The number of carbonyl (C=O) groups excluding carboxylic acids is 1. The van der Waals surface area contributed by atoms with Crippen LogP contribution in [0.1, 0.15) is 10.4 Å². The number of halogens is 1. The van der Waals surface area contributed by atoms with Gasteiger partial charge in [-0.15, -0.1) is 0 Å². The first-order chi connectivity index (χ1) is 13.6. The molecule has 0 radical (unpaired) electrons. The summed E-state index contributed by atoms with van der Waals surface area (Å²) < 4.78 is 1.48. The van der Waals surface area contributed by atoms with Gasteiger partial charge in [0.05, 0.1) is 27.4 Å². The molecule has 28 heavy (non-hydrogen) atoms. The summed E-state index contributed by atoms with van der Waals surface area (Å²) in [6.45, 7) is 0. The van der Waals surface area contributed by atoms with Gasteiger partial charge in [-0.25, -0.2) is 4.98 Å². The fraction of sp³-hybridized carbons (Fsp3) is 0.0455. The number of benzene rings is 3. The number of para-hydroxylation sites is 2. The molecule has 1 aromatic heterocycles. The number of Topliss-reactive ketones (excluding diaryl/α,β-unsaturated/α-hetero) is 1. The minimum Gasteiger partial charge on any atom is -0.293 e. The van der Waals surface area contributed by atoms with Crippen LogP contribution < -0.4 is 5.56 Å². The number of thioether (sulfide) groups is 1. The Hall–Kier alpha value is -2.89. The number of hydrogen-bond donors (Lipinski definition) is 0. The molecule has 0 aliphatic carbocycles. The molecule has 1 heterocycles. The summed E-state index contributed by atoms with van der Waals surface area (Å²) in [7, 11) is 0. The van der Waals surface area contributed by atoms with Crippen molar-refractivity contribution in [1.82, 2.24) is 9.55 Å². The number of rotatable bonds is 5. The Morgan fingerprint density at radius 2 is 1.61 bits per heavy atom. The van der Waals surface area contributed by atoms with Crippen LogP contribution in [0.4, 0.5) is 0 Å². The number of aromatic nitrogens is 2. The molecule has 4 nitrogen and oxygen atoms in total. The van der Waals surface area contributed by atoms with Crippen molar-refractivity contribution in [3.8, 4) is 5.69 Å². The Bertz CT molecular complexity index is 1220. The quantitative estimate of drug-likeness (QED) is 0.265. The van der Waals surface area contributed by atoms with Gasteiger partial charge in [-0.1, -0.05) is 78.0 Å². The smallest absolute Gasteiger partial charge is 0.266 e. The molecular weight excluding hydrogens is 392 g/mol. The van der Waals surface area contributed by atoms with Crippen LogP contribution in [-0.2, 0) is 0 Å². The van der Waals surface area contributed by atoms with Crippen LogP contribution in [0, 0.1) is 0 Å². The molecule has 0 atom stereocenters. The normalized spacial score (nSPS) is 10.9. The van der Waals surface area contributed by atoms with Crippen molar-refractivity contribution < 1.29 is 4.79 Å². The minimum absolute atomic E-state index is 0.0290. The van der Waals surface area contributed by atoms with Gasteiger partial charge in [0.1, 0.15) is 0 Å². The zero-order valence-corrected chi connectivity index (χ0v) is 16.3. The van der Waals surface area contributed by atoms with Crippen LogP contribution >= 0.6 is 23.4 Å². The van der Waals surface area contributed by atoms with Crippen LogP contribution in [-0.4, -0.2) is 21.1 Å². The third-order valence-corrected chi connectivity index (χ3v) is 5.52. The van der Waals surface area contributed by atoms with E-state index in [1.807, 2.05) is 30.3 Å². The molecule has 4 aromatic rings. The van der Waals surface area contributed by atoms with E-state index in [1.54, 1.807) is 48.5 Å². The lowest BCUT2D eigenvalue weighted by Gasteiger charge is -2.14. The predicted octanol–water partition coefficient (Wildman–Crippen LogP) is 5.01. The van der Waals surface area contributed by atoms with Gasteiger partial charge in [-0.3, -0.25) is 14.2 Å². The van der Waals surface area contributed by atoms with Crippen molar-refractivity contribution in [2.45, 2.75) is 5.16 Å². The van der Waals surface area contributed by atoms with Gasteiger partial charge in [0, 0.05) is 5.56 Å². The largest absolute Gasteiger partial charge is 0.293 e. The average molecular weight is 407 g/mol. The molecule has 0 fully saturated rings. The molecule has 0 unspecified atom stereocenters. The highest BCUT2D eigenvalue weighted by Crippen LogP contribution is 2.26. The maximum atomic E-state index is 13.2. The van der Waals surface area contributed by atoms with Crippen molar-refractivity contribution in [2.75, 3.05) is 5.75 Å². The van der Waals surface area contributed by atoms with Gasteiger partial charge in [0.15, 0.2) is 10.9 Å². The lowest BCUT2D eigenvalue weighted by molar-refractivity contribution is 0.102. The first-order valence-electron chi connectivity index (χ1n) is 8.63. The summed E-state index contributed by atoms with van der Waals surface area (Å²) in [5.74, 6) is 0.137. The molecular formula is C22H15ClN2O2S. The SMILES string of the molecule is O=C(CSc1nc2ccccc2c(=O)n1-c1ccccc1Cl)c1ccccc1. The van der Waals surface area contributed by atoms with Crippen molar-refractivity contribution >= 4 is 40.0 Å². The Labute approximate surface area is 170 Å². The molecule has 0 N–H and O–H groups in total. The van der Waals surface area contributed by atoms with E-state index in [4.69, 9.17) is 11.6 Å². The second kappa shape index (κ2) is 8.00. The van der Waals surface area contributed by atoms with E-state index in [1.165, 1.54) is 16.3 Å².